The molecule has 2 aromatic carbocycles. The number of rotatable bonds is 7. The first-order valence-corrected chi connectivity index (χ1v) is 8.56. The minimum atomic E-state index is 0.417. The van der Waals surface area contributed by atoms with Crippen molar-refractivity contribution in [2.45, 2.75) is 39.3 Å². The lowest BCUT2D eigenvalue weighted by atomic mass is 9.88. The molecular weight excluding hydrogens is 322 g/mol. The summed E-state index contributed by atoms with van der Waals surface area (Å²) in [4.78, 5) is 0. The van der Waals surface area contributed by atoms with Crippen molar-refractivity contribution in [2.75, 3.05) is 0 Å². The zero-order chi connectivity index (χ0) is 15.1. The van der Waals surface area contributed by atoms with E-state index in [0.29, 0.717) is 12.0 Å². The Morgan fingerprint density at radius 3 is 2.29 bits per heavy atom. The monoisotopic (exact) mass is 345 g/mol. The summed E-state index contributed by atoms with van der Waals surface area (Å²) < 4.78 is 1.14. The van der Waals surface area contributed by atoms with Gasteiger partial charge in [-0.05, 0) is 29.2 Å². The van der Waals surface area contributed by atoms with Crippen LogP contribution in [-0.4, -0.2) is 0 Å². The predicted octanol–water partition coefficient (Wildman–Crippen LogP) is 5.72. The van der Waals surface area contributed by atoms with Gasteiger partial charge in [-0.1, -0.05) is 85.1 Å². The molecule has 0 aliphatic heterocycles. The first kappa shape index (κ1) is 16.3. The number of benzene rings is 2. The molecule has 0 bridgehead atoms. The Labute approximate surface area is 136 Å². The molecule has 1 atom stereocenters. The zero-order valence-corrected chi connectivity index (χ0v) is 14.4. The lowest BCUT2D eigenvalue weighted by Crippen LogP contribution is -2.27. The van der Waals surface area contributed by atoms with Crippen LogP contribution in [0.3, 0.4) is 0 Å². The molecule has 0 aliphatic rings. The van der Waals surface area contributed by atoms with Gasteiger partial charge >= 0.3 is 0 Å². The smallest absolute Gasteiger partial charge is 0.0351 e. The van der Waals surface area contributed by atoms with Gasteiger partial charge in [0, 0.05) is 17.1 Å². The standard InChI is InChI=1S/C19H24BrN/c1-3-16(4-2)19(17-10-6-5-7-11-17)21-14-15-9-8-12-18(20)13-15/h5-13,16,19,21H,3-4,14H2,1-2H3. The van der Waals surface area contributed by atoms with E-state index in [1.807, 2.05) is 0 Å². The largest absolute Gasteiger partial charge is 0.306 e. The van der Waals surface area contributed by atoms with Gasteiger partial charge in [0.05, 0.1) is 0 Å². The van der Waals surface area contributed by atoms with E-state index in [9.17, 15) is 0 Å². The van der Waals surface area contributed by atoms with Crippen molar-refractivity contribution in [1.82, 2.24) is 5.32 Å². The highest BCUT2D eigenvalue weighted by Crippen LogP contribution is 2.27. The van der Waals surface area contributed by atoms with E-state index in [-0.39, 0.29) is 0 Å². The lowest BCUT2D eigenvalue weighted by Gasteiger charge is -2.27. The average molecular weight is 346 g/mol. The molecule has 0 aliphatic carbocycles. The van der Waals surface area contributed by atoms with Crippen molar-refractivity contribution in [1.29, 1.82) is 0 Å². The molecule has 2 rings (SSSR count). The fourth-order valence-corrected chi connectivity index (χ4v) is 3.30. The summed E-state index contributed by atoms with van der Waals surface area (Å²) in [6, 6.07) is 19.7. The van der Waals surface area contributed by atoms with Crippen molar-refractivity contribution in [2.24, 2.45) is 5.92 Å². The second kappa shape index (κ2) is 8.35. The normalized spacial score (nSPS) is 12.6. The highest BCUT2D eigenvalue weighted by molar-refractivity contribution is 9.10. The summed E-state index contributed by atoms with van der Waals surface area (Å²) in [7, 11) is 0. The Morgan fingerprint density at radius 1 is 0.952 bits per heavy atom. The SMILES string of the molecule is CCC(CC)C(NCc1cccc(Br)c1)c1ccccc1. The molecule has 2 heteroatoms. The van der Waals surface area contributed by atoms with Crippen LogP contribution in [0.25, 0.3) is 0 Å². The van der Waals surface area contributed by atoms with Crippen LogP contribution in [0.4, 0.5) is 0 Å². The summed E-state index contributed by atoms with van der Waals surface area (Å²) >= 11 is 3.54. The number of hydrogen-bond donors (Lipinski definition) is 1. The molecule has 0 saturated carbocycles. The van der Waals surface area contributed by atoms with Gasteiger partial charge in [0.1, 0.15) is 0 Å². The number of hydrogen-bond acceptors (Lipinski definition) is 1. The molecule has 0 radical (unpaired) electrons. The summed E-state index contributed by atoms with van der Waals surface area (Å²) in [5.41, 5.74) is 2.71. The zero-order valence-electron chi connectivity index (χ0n) is 12.9. The molecule has 1 unspecified atom stereocenters. The molecule has 112 valence electrons. The molecule has 0 aromatic heterocycles. The van der Waals surface area contributed by atoms with Gasteiger partial charge < -0.3 is 5.32 Å². The molecule has 1 nitrogen and oxygen atoms in total. The van der Waals surface area contributed by atoms with Crippen LogP contribution in [0.5, 0.6) is 0 Å². The van der Waals surface area contributed by atoms with Gasteiger partial charge in [-0.15, -0.1) is 0 Å². The van der Waals surface area contributed by atoms with E-state index in [0.717, 1.165) is 11.0 Å². The van der Waals surface area contributed by atoms with Crippen LogP contribution >= 0.6 is 15.9 Å². The highest BCUT2D eigenvalue weighted by atomic mass is 79.9. The Bertz CT molecular complexity index is 534. The van der Waals surface area contributed by atoms with Gasteiger partial charge in [0.15, 0.2) is 0 Å². The van der Waals surface area contributed by atoms with Crippen molar-refractivity contribution in [3.8, 4) is 0 Å². The van der Waals surface area contributed by atoms with Gasteiger partial charge in [-0.3, -0.25) is 0 Å². The van der Waals surface area contributed by atoms with Crippen LogP contribution < -0.4 is 5.32 Å². The second-order valence-electron chi connectivity index (χ2n) is 5.48. The topological polar surface area (TPSA) is 12.0 Å². The summed E-state index contributed by atoms with van der Waals surface area (Å²) in [6.07, 6.45) is 2.39. The van der Waals surface area contributed by atoms with E-state index >= 15 is 0 Å². The maximum Gasteiger partial charge on any atom is 0.0351 e. The van der Waals surface area contributed by atoms with Crippen molar-refractivity contribution >= 4 is 15.9 Å². The maximum atomic E-state index is 3.76. The predicted molar refractivity (Wildman–Crippen MR) is 94.2 cm³/mol. The van der Waals surface area contributed by atoms with Crippen LogP contribution in [0.2, 0.25) is 0 Å². The van der Waals surface area contributed by atoms with E-state index < -0.39 is 0 Å². The third kappa shape index (κ3) is 4.69. The summed E-state index contributed by atoms with van der Waals surface area (Å²) in [5, 5.41) is 3.76. The molecule has 1 N–H and O–H groups in total. The molecule has 0 amide bonds. The van der Waals surface area contributed by atoms with Gasteiger partial charge in [-0.2, -0.15) is 0 Å². The van der Waals surface area contributed by atoms with E-state index in [1.165, 1.54) is 24.0 Å². The third-order valence-corrected chi connectivity index (χ3v) is 4.59. The fraction of sp³-hybridized carbons (Fsp3) is 0.368. The Kier molecular flexibility index (Phi) is 6.47. The average Bonchev–Trinajstić information content (AvgIpc) is 2.52. The number of nitrogens with one attached hydrogen (secondary N) is 1. The van der Waals surface area contributed by atoms with Crippen molar-refractivity contribution < 1.29 is 0 Å². The fourth-order valence-electron chi connectivity index (χ4n) is 2.85. The van der Waals surface area contributed by atoms with Gasteiger partial charge in [-0.25, -0.2) is 0 Å². The summed E-state index contributed by atoms with van der Waals surface area (Å²) in [5.74, 6) is 0.666. The minimum absolute atomic E-state index is 0.417. The number of halogens is 1. The Balaban J connectivity index is 2.13. The minimum Gasteiger partial charge on any atom is -0.306 e. The quantitative estimate of drug-likeness (QED) is 0.676. The van der Waals surface area contributed by atoms with E-state index in [4.69, 9.17) is 0 Å². The first-order chi connectivity index (χ1) is 10.2. The lowest BCUT2D eigenvalue weighted by molar-refractivity contribution is 0.339. The molecular formula is C19H24BrN. The van der Waals surface area contributed by atoms with Gasteiger partial charge in [0.2, 0.25) is 0 Å². The summed E-state index contributed by atoms with van der Waals surface area (Å²) in [6.45, 7) is 5.46. The molecule has 2 aromatic rings. The van der Waals surface area contributed by atoms with Crippen LogP contribution in [0.15, 0.2) is 59.1 Å². The Hall–Kier alpha value is -1.12. The molecule has 0 spiro atoms. The molecule has 0 heterocycles. The van der Waals surface area contributed by atoms with Crippen LogP contribution in [0, 0.1) is 5.92 Å². The Morgan fingerprint density at radius 2 is 1.67 bits per heavy atom. The second-order valence-corrected chi connectivity index (χ2v) is 6.39. The molecule has 0 saturated heterocycles. The van der Waals surface area contributed by atoms with Crippen LogP contribution in [-0.2, 0) is 6.54 Å². The first-order valence-electron chi connectivity index (χ1n) is 7.77. The van der Waals surface area contributed by atoms with Crippen LogP contribution in [0.1, 0.15) is 43.9 Å². The maximum absolute atomic E-state index is 3.76. The molecule has 21 heavy (non-hydrogen) atoms. The van der Waals surface area contributed by atoms with E-state index in [2.05, 4.69) is 89.7 Å². The third-order valence-electron chi connectivity index (χ3n) is 4.09. The van der Waals surface area contributed by atoms with E-state index in [1.54, 1.807) is 0 Å². The van der Waals surface area contributed by atoms with Gasteiger partial charge in [0.25, 0.3) is 0 Å². The highest BCUT2D eigenvalue weighted by Gasteiger charge is 2.19. The van der Waals surface area contributed by atoms with Crippen molar-refractivity contribution in [3.05, 3.63) is 70.2 Å². The van der Waals surface area contributed by atoms with Crippen molar-refractivity contribution in [3.63, 3.8) is 0 Å². The molecule has 0 fully saturated rings.